The van der Waals surface area contributed by atoms with Gasteiger partial charge in [0, 0.05) is 0 Å². The lowest BCUT2D eigenvalue weighted by atomic mass is 10.3. The summed E-state index contributed by atoms with van der Waals surface area (Å²) in [6, 6.07) is 9.52. The Bertz CT molecular complexity index is 510. The van der Waals surface area contributed by atoms with Gasteiger partial charge in [0.05, 0.1) is 6.54 Å². The van der Waals surface area contributed by atoms with E-state index in [9.17, 15) is 0 Å². The van der Waals surface area contributed by atoms with E-state index in [0.29, 0.717) is 19.0 Å². The zero-order chi connectivity index (χ0) is 12.8. The molecule has 0 aliphatic carbocycles. The molecule has 0 atom stereocenters. The molecular formula is C11H10Cl2N4O. The molecule has 2 rings (SSSR count). The van der Waals surface area contributed by atoms with Gasteiger partial charge in [-0.15, -0.1) is 10.2 Å². The second-order valence-corrected chi connectivity index (χ2v) is 4.00. The van der Waals surface area contributed by atoms with Gasteiger partial charge in [-0.05, 0) is 23.7 Å². The van der Waals surface area contributed by atoms with Crippen LogP contribution in [0.3, 0.4) is 0 Å². The summed E-state index contributed by atoms with van der Waals surface area (Å²) >= 11 is 11.4. The molecule has 0 radical (unpaired) electrons. The highest BCUT2D eigenvalue weighted by Crippen LogP contribution is 2.16. The van der Waals surface area contributed by atoms with Gasteiger partial charge in [-0.3, -0.25) is 0 Å². The zero-order valence-electron chi connectivity index (χ0n) is 9.31. The molecule has 94 valence electrons. The third-order valence-electron chi connectivity index (χ3n) is 2.03. The first-order chi connectivity index (χ1) is 8.75. The fourth-order valence-electron chi connectivity index (χ4n) is 1.26. The van der Waals surface area contributed by atoms with Gasteiger partial charge in [0.25, 0.3) is 0 Å². The van der Waals surface area contributed by atoms with E-state index in [1.54, 1.807) is 0 Å². The van der Waals surface area contributed by atoms with E-state index in [-0.39, 0.29) is 10.4 Å². The van der Waals surface area contributed by atoms with Crippen LogP contribution in [0.4, 0.5) is 5.82 Å². The van der Waals surface area contributed by atoms with Crippen LogP contribution in [-0.2, 0) is 0 Å². The quantitative estimate of drug-likeness (QED) is 0.856. The summed E-state index contributed by atoms with van der Waals surface area (Å²) in [5, 5.41) is 10.3. The molecule has 1 heterocycles. The maximum atomic E-state index is 5.79. The molecule has 0 saturated carbocycles. The molecule has 18 heavy (non-hydrogen) atoms. The predicted molar refractivity (Wildman–Crippen MR) is 70.3 cm³/mol. The summed E-state index contributed by atoms with van der Waals surface area (Å²) in [4.78, 5) is 3.91. The summed E-state index contributed by atoms with van der Waals surface area (Å²) in [6.45, 7) is 1.01. The highest BCUT2D eigenvalue weighted by molar-refractivity contribution is 6.32. The van der Waals surface area contributed by atoms with Gasteiger partial charge in [0.2, 0.25) is 5.28 Å². The van der Waals surface area contributed by atoms with Gasteiger partial charge in [-0.2, -0.15) is 4.98 Å². The Balaban J connectivity index is 1.80. The topological polar surface area (TPSA) is 59.9 Å². The minimum Gasteiger partial charge on any atom is -0.492 e. The van der Waals surface area contributed by atoms with Crippen LogP contribution in [0.1, 0.15) is 0 Å². The molecule has 1 N–H and O–H groups in total. The van der Waals surface area contributed by atoms with E-state index in [2.05, 4.69) is 20.5 Å². The first-order valence-corrected chi connectivity index (χ1v) is 5.99. The van der Waals surface area contributed by atoms with Crippen molar-refractivity contribution in [3.8, 4) is 5.75 Å². The van der Waals surface area contributed by atoms with Crippen LogP contribution >= 0.6 is 23.2 Å². The minimum atomic E-state index is 0.0471. The SMILES string of the molecule is Clc1nnc(Cl)c(NCCOc2ccccc2)n1. The van der Waals surface area contributed by atoms with E-state index in [1.165, 1.54) is 0 Å². The average Bonchev–Trinajstić information content (AvgIpc) is 2.40. The smallest absolute Gasteiger partial charge is 0.245 e. The second-order valence-electron chi connectivity index (χ2n) is 3.31. The number of benzene rings is 1. The van der Waals surface area contributed by atoms with Crippen LogP contribution in [-0.4, -0.2) is 28.3 Å². The molecule has 2 aromatic rings. The first-order valence-electron chi connectivity index (χ1n) is 5.23. The lowest BCUT2D eigenvalue weighted by Crippen LogP contribution is -2.13. The van der Waals surface area contributed by atoms with Crippen LogP contribution in [0.5, 0.6) is 5.75 Å². The Morgan fingerprint density at radius 2 is 1.89 bits per heavy atom. The number of anilines is 1. The number of nitrogens with zero attached hydrogens (tertiary/aromatic N) is 3. The van der Waals surface area contributed by atoms with E-state index < -0.39 is 0 Å². The molecule has 0 fully saturated rings. The van der Waals surface area contributed by atoms with Crippen LogP contribution < -0.4 is 10.1 Å². The van der Waals surface area contributed by atoms with Crippen molar-refractivity contribution >= 4 is 29.0 Å². The first kappa shape index (κ1) is 12.9. The average molecular weight is 285 g/mol. The molecule has 0 spiro atoms. The van der Waals surface area contributed by atoms with Crippen molar-refractivity contribution in [3.05, 3.63) is 40.8 Å². The predicted octanol–water partition coefficient (Wildman–Crippen LogP) is 2.67. The summed E-state index contributed by atoms with van der Waals surface area (Å²) in [5.74, 6) is 1.21. The number of rotatable bonds is 5. The third-order valence-corrected chi connectivity index (χ3v) is 2.44. The summed E-state index contributed by atoms with van der Waals surface area (Å²) < 4.78 is 5.50. The van der Waals surface area contributed by atoms with Crippen molar-refractivity contribution in [3.63, 3.8) is 0 Å². The number of aromatic nitrogens is 3. The van der Waals surface area contributed by atoms with Gasteiger partial charge in [0.1, 0.15) is 12.4 Å². The van der Waals surface area contributed by atoms with Crippen LogP contribution in [0.2, 0.25) is 10.4 Å². The van der Waals surface area contributed by atoms with Gasteiger partial charge < -0.3 is 10.1 Å². The number of halogens is 2. The third kappa shape index (κ3) is 3.72. The Hall–Kier alpha value is -1.59. The molecular weight excluding hydrogens is 275 g/mol. The molecule has 0 aliphatic rings. The second kappa shape index (κ2) is 6.37. The Morgan fingerprint density at radius 3 is 2.67 bits per heavy atom. The van der Waals surface area contributed by atoms with E-state index in [1.807, 2.05) is 30.3 Å². The molecule has 0 amide bonds. The van der Waals surface area contributed by atoms with Crippen molar-refractivity contribution in [1.29, 1.82) is 0 Å². The van der Waals surface area contributed by atoms with Gasteiger partial charge in [-0.25, -0.2) is 0 Å². The highest BCUT2D eigenvalue weighted by Gasteiger charge is 2.04. The highest BCUT2D eigenvalue weighted by atomic mass is 35.5. The van der Waals surface area contributed by atoms with Crippen LogP contribution in [0.15, 0.2) is 30.3 Å². The number of nitrogens with one attached hydrogen (secondary N) is 1. The summed E-state index contributed by atoms with van der Waals surface area (Å²) in [5.41, 5.74) is 0. The molecule has 7 heteroatoms. The number of ether oxygens (including phenoxy) is 1. The van der Waals surface area contributed by atoms with E-state index >= 15 is 0 Å². The van der Waals surface area contributed by atoms with Gasteiger partial charge in [0.15, 0.2) is 11.0 Å². The minimum absolute atomic E-state index is 0.0471. The van der Waals surface area contributed by atoms with Crippen molar-refractivity contribution in [2.75, 3.05) is 18.5 Å². The number of para-hydroxylation sites is 1. The molecule has 1 aromatic carbocycles. The van der Waals surface area contributed by atoms with E-state index in [4.69, 9.17) is 27.9 Å². The maximum Gasteiger partial charge on any atom is 0.245 e. The molecule has 0 bridgehead atoms. The maximum absolute atomic E-state index is 5.79. The number of hydrogen-bond acceptors (Lipinski definition) is 5. The Labute approximate surface area is 114 Å². The van der Waals surface area contributed by atoms with Crippen molar-refractivity contribution in [1.82, 2.24) is 15.2 Å². The van der Waals surface area contributed by atoms with Crippen molar-refractivity contribution in [2.24, 2.45) is 0 Å². The Kier molecular flexibility index (Phi) is 4.55. The summed E-state index contributed by atoms with van der Waals surface area (Å²) in [6.07, 6.45) is 0. The number of hydrogen-bond donors (Lipinski definition) is 1. The molecule has 1 aromatic heterocycles. The normalized spacial score (nSPS) is 10.1. The molecule has 0 unspecified atom stereocenters. The van der Waals surface area contributed by atoms with Crippen LogP contribution in [0.25, 0.3) is 0 Å². The largest absolute Gasteiger partial charge is 0.492 e. The summed E-state index contributed by atoms with van der Waals surface area (Å²) in [7, 11) is 0. The van der Waals surface area contributed by atoms with Gasteiger partial charge >= 0.3 is 0 Å². The standard InChI is InChI=1S/C11H10Cl2N4O/c12-9-10(15-11(13)17-16-9)14-6-7-18-8-4-2-1-3-5-8/h1-5H,6-7H2,(H,14,15,17). The lowest BCUT2D eigenvalue weighted by Gasteiger charge is -2.08. The fourth-order valence-corrected chi connectivity index (χ4v) is 1.53. The van der Waals surface area contributed by atoms with E-state index in [0.717, 1.165) is 5.75 Å². The Morgan fingerprint density at radius 1 is 1.11 bits per heavy atom. The lowest BCUT2D eigenvalue weighted by molar-refractivity contribution is 0.332. The van der Waals surface area contributed by atoms with Crippen molar-refractivity contribution in [2.45, 2.75) is 0 Å². The molecule has 5 nitrogen and oxygen atoms in total. The monoisotopic (exact) mass is 284 g/mol. The van der Waals surface area contributed by atoms with Gasteiger partial charge in [-0.1, -0.05) is 29.8 Å². The molecule has 0 aliphatic heterocycles. The van der Waals surface area contributed by atoms with Crippen LogP contribution in [0, 0.1) is 0 Å². The molecule has 0 saturated heterocycles. The fraction of sp³-hybridized carbons (Fsp3) is 0.182. The zero-order valence-corrected chi connectivity index (χ0v) is 10.8. The van der Waals surface area contributed by atoms with Crippen molar-refractivity contribution < 1.29 is 4.74 Å².